The van der Waals surface area contributed by atoms with Gasteiger partial charge in [-0.2, -0.15) is 0 Å². The molecule has 1 N–H and O–H groups in total. The van der Waals surface area contributed by atoms with Gasteiger partial charge >= 0.3 is 6.01 Å². The molecule has 7 heteroatoms. The van der Waals surface area contributed by atoms with E-state index in [0.717, 1.165) is 0 Å². The summed E-state index contributed by atoms with van der Waals surface area (Å²) < 4.78 is 10.7. The van der Waals surface area contributed by atoms with Crippen LogP contribution in [0.3, 0.4) is 0 Å². The molecule has 0 spiro atoms. The fourth-order valence-corrected chi connectivity index (χ4v) is 2.10. The molecule has 1 aromatic heterocycles. The number of nitrogens with one attached hydrogen (secondary N) is 1. The van der Waals surface area contributed by atoms with Crippen molar-refractivity contribution in [2.75, 3.05) is 12.4 Å². The number of hydrogen-bond donors (Lipinski definition) is 1. The van der Waals surface area contributed by atoms with Crippen LogP contribution in [0.4, 0.5) is 6.01 Å². The average Bonchev–Trinajstić information content (AvgIpc) is 3.03. The van der Waals surface area contributed by atoms with Crippen LogP contribution in [0, 0.1) is 0 Å². The SMILES string of the molecule is COc1ccccc1-c1nnc(NC(=O)c2ccc(Cl)cc2)o1. The molecule has 3 aromatic rings. The van der Waals surface area contributed by atoms with Gasteiger partial charge in [0.15, 0.2) is 0 Å². The summed E-state index contributed by atoms with van der Waals surface area (Å²) in [5.41, 5.74) is 1.08. The Labute approximate surface area is 137 Å². The first-order valence-corrected chi connectivity index (χ1v) is 7.09. The van der Waals surface area contributed by atoms with Crippen molar-refractivity contribution in [1.29, 1.82) is 0 Å². The zero-order valence-electron chi connectivity index (χ0n) is 12.1. The highest BCUT2D eigenvalue weighted by Crippen LogP contribution is 2.29. The van der Waals surface area contributed by atoms with Crippen LogP contribution in [0.1, 0.15) is 10.4 Å². The van der Waals surface area contributed by atoms with Gasteiger partial charge in [-0.05, 0) is 36.4 Å². The summed E-state index contributed by atoms with van der Waals surface area (Å²) in [6.45, 7) is 0. The smallest absolute Gasteiger partial charge is 0.322 e. The standard InChI is InChI=1S/C16H12ClN3O3/c1-22-13-5-3-2-4-12(13)15-19-20-16(23-15)18-14(21)10-6-8-11(17)9-7-10/h2-9H,1H3,(H,18,20,21). The second-order valence-corrected chi connectivity index (χ2v) is 5.01. The number of carbonyl (C=O) groups is 1. The van der Waals surface area contributed by atoms with Gasteiger partial charge < -0.3 is 9.15 Å². The number of amides is 1. The Morgan fingerprint density at radius 2 is 1.87 bits per heavy atom. The number of anilines is 1. The molecular formula is C16H12ClN3O3. The largest absolute Gasteiger partial charge is 0.496 e. The lowest BCUT2D eigenvalue weighted by Crippen LogP contribution is -2.11. The minimum absolute atomic E-state index is 0.00542. The molecule has 0 atom stereocenters. The maximum atomic E-state index is 12.1. The molecule has 0 saturated heterocycles. The number of methoxy groups -OCH3 is 1. The van der Waals surface area contributed by atoms with E-state index in [-0.39, 0.29) is 17.8 Å². The van der Waals surface area contributed by atoms with Crippen molar-refractivity contribution in [3.05, 3.63) is 59.1 Å². The van der Waals surface area contributed by atoms with E-state index in [1.807, 2.05) is 12.1 Å². The molecule has 0 bridgehead atoms. The first-order valence-electron chi connectivity index (χ1n) is 6.71. The summed E-state index contributed by atoms with van der Waals surface area (Å²) in [7, 11) is 1.55. The third-order valence-electron chi connectivity index (χ3n) is 3.09. The van der Waals surface area contributed by atoms with Gasteiger partial charge in [-0.1, -0.05) is 28.8 Å². The molecular weight excluding hydrogens is 318 g/mol. The molecule has 0 saturated carbocycles. The summed E-state index contributed by atoms with van der Waals surface area (Å²) in [4.78, 5) is 12.1. The van der Waals surface area contributed by atoms with Gasteiger partial charge in [0.05, 0.1) is 12.7 Å². The zero-order valence-corrected chi connectivity index (χ0v) is 12.9. The van der Waals surface area contributed by atoms with Crippen LogP contribution in [-0.4, -0.2) is 23.2 Å². The fourth-order valence-electron chi connectivity index (χ4n) is 1.97. The van der Waals surface area contributed by atoms with Crippen molar-refractivity contribution in [2.45, 2.75) is 0 Å². The van der Waals surface area contributed by atoms with Crippen molar-refractivity contribution in [3.8, 4) is 17.2 Å². The van der Waals surface area contributed by atoms with E-state index >= 15 is 0 Å². The third-order valence-corrected chi connectivity index (χ3v) is 3.34. The van der Waals surface area contributed by atoms with Crippen LogP contribution >= 0.6 is 11.6 Å². The number of para-hydroxylation sites is 1. The molecule has 0 unspecified atom stereocenters. The Bertz CT molecular complexity index is 831. The summed E-state index contributed by atoms with van der Waals surface area (Å²) in [6, 6.07) is 13.7. The average molecular weight is 330 g/mol. The van der Waals surface area contributed by atoms with Crippen molar-refractivity contribution in [1.82, 2.24) is 10.2 Å². The minimum atomic E-state index is -0.364. The predicted molar refractivity (Wildman–Crippen MR) is 85.7 cm³/mol. The molecule has 116 valence electrons. The molecule has 0 aliphatic heterocycles. The van der Waals surface area contributed by atoms with Gasteiger partial charge in [-0.15, -0.1) is 5.10 Å². The van der Waals surface area contributed by atoms with Gasteiger partial charge in [-0.25, -0.2) is 0 Å². The maximum Gasteiger partial charge on any atom is 0.322 e. The van der Waals surface area contributed by atoms with Crippen molar-refractivity contribution < 1.29 is 13.9 Å². The highest BCUT2D eigenvalue weighted by Gasteiger charge is 2.15. The second-order valence-electron chi connectivity index (χ2n) is 4.57. The summed E-state index contributed by atoms with van der Waals surface area (Å²) in [5.74, 6) is 0.498. The summed E-state index contributed by atoms with van der Waals surface area (Å²) in [5, 5.41) is 10.8. The van der Waals surface area contributed by atoms with E-state index in [1.165, 1.54) is 0 Å². The van der Waals surface area contributed by atoms with E-state index in [9.17, 15) is 4.79 Å². The molecule has 0 aliphatic carbocycles. The Kier molecular flexibility index (Phi) is 4.25. The van der Waals surface area contributed by atoms with Gasteiger partial charge in [0, 0.05) is 10.6 Å². The molecule has 23 heavy (non-hydrogen) atoms. The van der Waals surface area contributed by atoms with Crippen LogP contribution < -0.4 is 10.1 Å². The Hall–Kier alpha value is -2.86. The van der Waals surface area contributed by atoms with Crippen LogP contribution in [0.2, 0.25) is 5.02 Å². The highest BCUT2D eigenvalue weighted by molar-refractivity contribution is 6.30. The Morgan fingerprint density at radius 1 is 1.13 bits per heavy atom. The Morgan fingerprint density at radius 3 is 2.61 bits per heavy atom. The molecule has 1 heterocycles. The van der Waals surface area contributed by atoms with Crippen LogP contribution in [0.15, 0.2) is 52.9 Å². The topological polar surface area (TPSA) is 77.3 Å². The molecule has 0 fully saturated rings. The van der Waals surface area contributed by atoms with Gasteiger partial charge in [0.1, 0.15) is 5.75 Å². The van der Waals surface area contributed by atoms with Gasteiger partial charge in [-0.3, -0.25) is 10.1 Å². The number of halogens is 1. The predicted octanol–water partition coefficient (Wildman–Crippen LogP) is 3.65. The lowest BCUT2D eigenvalue weighted by molar-refractivity contribution is 0.102. The van der Waals surface area contributed by atoms with Crippen LogP contribution in [0.25, 0.3) is 11.5 Å². The number of benzene rings is 2. The van der Waals surface area contributed by atoms with Crippen molar-refractivity contribution >= 4 is 23.5 Å². The lowest BCUT2D eigenvalue weighted by atomic mass is 10.2. The number of rotatable bonds is 4. The number of aromatic nitrogens is 2. The number of carbonyl (C=O) groups excluding carboxylic acids is 1. The highest BCUT2D eigenvalue weighted by atomic mass is 35.5. The molecule has 3 rings (SSSR count). The molecule has 1 amide bonds. The lowest BCUT2D eigenvalue weighted by Gasteiger charge is -2.03. The van der Waals surface area contributed by atoms with Crippen molar-refractivity contribution in [3.63, 3.8) is 0 Å². The van der Waals surface area contributed by atoms with Crippen molar-refractivity contribution in [2.24, 2.45) is 0 Å². The molecule has 0 aliphatic rings. The number of ether oxygens (including phenoxy) is 1. The van der Waals surface area contributed by atoms with E-state index < -0.39 is 0 Å². The molecule has 2 aromatic carbocycles. The second kappa shape index (κ2) is 6.50. The molecule has 0 radical (unpaired) electrons. The fraction of sp³-hybridized carbons (Fsp3) is 0.0625. The normalized spacial score (nSPS) is 10.3. The number of hydrogen-bond acceptors (Lipinski definition) is 5. The van der Waals surface area contributed by atoms with Gasteiger partial charge in [0.25, 0.3) is 11.8 Å². The summed E-state index contributed by atoms with van der Waals surface area (Å²) in [6.07, 6.45) is 0. The first kappa shape index (κ1) is 15.1. The zero-order chi connectivity index (χ0) is 16.2. The van der Waals surface area contributed by atoms with E-state index in [1.54, 1.807) is 43.5 Å². The van der Waals surface area contributed by atoms with Crippen LogP contribution in [-0.2, 0) is 0 Å². The quantitative estimate of drug-likeness (QED) is 0.790. The van der Waals surface area contributed by atoms with E-state index in [0.29, 0.717) is 21.9 Å². The summed E-state index contributed by atoms with van der Waals surface area (Å²) >= 11 is 5.79. The number of nitrogens with zero attached hydrogens (tertiary/aromatic N) is 2. The Balaban J connectivity index is 1.79. The molecule has 6 nitrogen and oxygen atoms in total. The maximum absolute atomic E-state index is 12.1. The monoisotopic (exact) mass is 329 g/mol. The van der Waals surface area contributed by atoms with E-state index in [4.69, 9.17) is 20.8 Å². The van der Waals surface area contributed by atoms with E-state index in [2.05, 4.69) is 15.5 Å². The minimum Gasteiger partial charge on any atom is -0.496 e. The first-order chi connectivity index (χ1) is 11.2. The third kappa shape index (κ3) is 3.32. The van der Waals surface area contributed by atoms with Crippen LogP contribution in [0.5, 0.6) is 5.75 Å². The van der Waals surface area contributed by atoms with Gasteiger partial charge in [0.2, 0.25) is 0 Å².